The highest BCUT2D eigenvalue weighted by Crippen LogP contribution is 2.15. The number of unbranched alkanes of at least 4 members (excludes halogenated alkanes) is 1. The third kappa shape index (κ3) is 6.35. The zero-order chi connectivity index (χ0) is 10.9. The van der Waals surface area contributed by atoms with E-state index in [0.29, 0.717) is 6.54 Å². The molecule has 1 atom stereocenters. The average Bonchev–Trinajstić information content (AvgIpc) is 2.23. The van der Waals surface area contributed by atoms with Crippen LogP contribution in [0, 0.1) is 0 Å². The second kappa shape index (κ2) is 8.21. The Morgan fingerprint density at radius 3 is 2.36 bits per heavy atom. The number of rotatable bonds is 9. The maximum atomic E-state index is 9.85. The van der Waals surface area contributed by atoms with Crippen LogP contribution in [-0.2, 0) is 4.74 Å². The average molecular weight is 203 g/mol. The lowest BCUT2D eigenvalue weighted by molar-refractivity contribution is 0.0233. The number of hydrogen-bond acceptors (Lipinski definition) is 3. The molecule has 0 bridgehead atoms. The van der Waals surface area contributed by atoms with Crippen LogP contribution in [0.15, 0.2) is 0 Å². The molecule has 3 N–H and O–H groups in total. The van der Waals surface area contributed by atoms with Gasteiger partial charge in [0.05, 0.1) is 5.60 Å². The van der Waals surface area contributed by atoms with E-state index in [1.54, 1.807) is 0 Å². The van der Waals surface area contributed by atoms with Crippen LogP contribution in [0.5, 0.6) is 0 Å². The Kier molecular flexibility index (Phi) is 8.14. The quantitative estimate of drug-likeness (QED) is 0.561. The molecule has 14 heavy (non-hydrogen) atoms. The highest BCUT2D eigenvalue weighted by atomic mass is 16.5. The Hall–Kier alpha value is -0.120. The normalized spacial score (nSPS) is 15.4. The van der Waals surface area contributed by atoms with Gasteiger partial charge in [-0.1, -0.05) is 20.3 Å². The largest absolute Gasteiger partial charge is 0.389 e. The Morgan fingerprint density at radius 2 is 1.86 bits per heavy atom. The smallest absolute Gasteiger partial charge is 0.0767 e. The van der Waals surface area contributed by atoms with Crippen molar-refractivity contribution < 1.29 is 9.84 Å². The third-order valence-electron chi connectivity index (χ3n) is 2.61. The van der Waals surface area contributed by atoms with Crippen LogP contribution in [0.3, 0.4) is 0 Å². The first-order chi connectivity index (χ1) is 6.68. The van der Waals surface area contributed by atoms with E-state index in [0.717, 1.165) is 38.9 Å². The fraction of sp³-hybridized carbons (Fsp3) is 1.00. The van der Waals surface area contributed by atoms with Crippen molar-refractivity contribution in [1.82, 2.24) is 0 Å². The molecular formula is C11H25NO2. The highest BCUT2D eigenvalue weighted by Gasteiger charge is 2.21. The van der Waals surface area contributed by atoms with Crippen LogP contribution >= 0.6 is 0 Å². The van der Waals surface area contributed by atoms with Crippen molar-refractivity contribution >= 4 is 0 Å². The molecule has 3 heteroatoms. The summed E-state index contributed by atoms with van der Waals surface area (Å²) in [5.41, 5.74) is 4.82. The molecule has 0 rings (SSSR count). The number of hydrogen-bond donors (Lipinski definition) is 2. The second-order valence-electron chi connectivity index (χ2n) is 3.85. The Labute approximate surface area is 87.6 Å². The summed E-state index contributed by atoms with van der Waals surface area (Å²) in [6.07, 6.45) is 4.65. The van der Waals surface area contributed by atoms with Gasteiger partial charge >= 0.3 is 0 Å². The van der Waals surface area contributed by atoms with E-state index < -0.39 is 5.60 Å². The summed E-state index contributed by atoms with van der Waals surface area (Å²) in [7, 11) is 0. The molecule has 0 aromatic heterocycles. The van der Waals surface area contributed by atoms with Gasteiger partial charge in [-0.05, 0) is 25.7 Å². The minimum absolute atomic E-state index is 0.346. The standard InChI is InChI=1S/C11H25NO2/c1-3-5-8-14-9-6-7-11(13,4-2)10-12/h13H,3-10,12H2,1-2H3. The Morgan fingerprint density at radius 1 is 1.21 bits per heavy atom. The van der Waals surface area contributed by atoms with Crippen LogP contribution in [0.1, 0.15) is 46.0 Å². The molecule has 0 saturated heterocycles. The van der Waals surface area contributed by atoms with E-state index in [2.05, 4.69) is 6.92 Å². The molecule has 0 aliphatic rings. The first-order valence-electron chi connectivity index (χ1n) is 5.68. The molecular weight excluding hydrogens is 178 g/mol. The zero-order valence-electron chi connectivity index (χ0n) is 9.59. The molecule has 0 saturated carbocycles. The summed E-state index contributed by atoms with van der Waals surface area (Å²) in [6, 6.07) is 0. The van der Waals surface area contributed by atoms with E-state index in [1.165, 1.54) is 6.42 Å². The van der Waals surface area contributed by atoms with E-state index >= 15 is 0 Å². The predicted octanol–water partition coefficient (Wildman–Crippen LogP) is 1.68. The molecule has 3 nitrogen and oxygen atoms in total. The molecule has 0 heterocycles. The lowest BCUT2D eigenvalue weighted by Crippen LogP contribution is -2.37. The molecule has 0 aliphatic carbocycles. The molecule has 0 radical (unpaired) electrons. The highest BCUT2D eigenvalue weighted by molar-refractivity contribution is 4.77. The van der Waals surface area contributed by atoms with Gasteiger partial charge in [0.15, 0.2) is 0 Å². The Bertz CT molecular complexity index is 124. The van der Waals surface area contributed by atoms with Gasteiger partial charge in [0.1, 0.15) is 0 Å². The fourth-order valence-corrected chi connectivity index (χ4v) is 1.27. The zero-order valence-corrected chi connectivity index (χ0v) is 9.59. The van der Waals surface area contributed by atoms with E-state index in [9.17, 15) is 5.11 Å². The Balaban J connectivity index is 3.34. The molecule has 0 spiro atoms. The molecule has 86 valence electrons. The van der Waals surface area contributed by atoms with Gasteiger partial charge in [0.25, 0.3) is 0 Å². The van der Waals surface area contributed by atoms with E-state index in [-0.39, 0.29) is 0 Å². The van der Waals surface area contributed by atoms with Gasteiger partial charge in [0, 0.05) is 19.8 Å². The van der Waals surface area contributed by atoms with Crippen LogP contribution < -0.4 is 5.73 Å². The minimum atomic E-state index is -0.673. The van der Waals surface area contributed by atoms with Crippen molar-refractivity contribution in [2.24, 2.45) is 5.73 Å². The van der Waals surface area contributed by atoms with Crippen molar-refractivity contribution in [1.29, 1.82) is 0 Å². The van der Waals surface area contributed by atoms with Crippen molar-refractivity contribution in [2.75, 3.05) is 19.8 Å². The van der Waals surface area contributed by atoms with Gasteiger partial charge < -0.3 is 15.6 Å². The molecule has 0 aromatic rings. The van der Waals surface area contributed by atoms with Gasteiger partial charge in [-0.3, -0.25) is 0 Å². The van der Waals surface area contributed by atoms with Crippen molar-refractivity contribution in [3.63, 3.8) is 0 Å². The lowest BCUT2D eigenvalue weighted by atomic mass is 9.95. The van der Waals surface area contributed by atoms with Crippen LogP contribution in [0.4, 0.5) is 0 Å². The van der Waals surface area contributed by atoms with E-state index in [4.69, 9.17) is 10.5 Å². The number of ether oxygens (including phenoxy) is 1. The molecule has 1 unspecified atom stereocenters. The maximum absolute atomic E-state index is 9.85. The van der Waals surface area contributed by atoms with Crippen molar-refractivity contribution in [3.05, 3.63) is 0 Å². The number of nitrogens with two attached hydrogens (primary N) is 1. The summed E-state index contributed by atoms with van der Waals surface area (Å²) in [5.74, 6) is 0. The van der Waals surface area contributed by atoms with Gasteiger partial charge in [-0.25, -0.2) is 0 Å². The second-order valence-corrected chi connectivity index (χ2v) is 3.85. The van der Waals surface area contributed by atoms with Crippen molar-refractivity contribution in [3.8, 4) is 0 Å². The number of aliphatic hydroxyl groups is 1. The summed E-state index contributed by atoms with van der Waals surface area (Å²) in [5, 5.41) is 9.85. The molecule has 0 amide bonds. The van der Waals surface area contributed by atoms with Gasteiger partial charge in [-0.2, -0.15) is 0 Å². The van der Waals surface area contributed by atoms with E-state index in [1.807, 2.05) is 6.92 Å². The first-order valence-corrected chi connectivity index (χ1v) is 5.68. The molecule has 0 fully saturated rings. The van der Waals surface area contributed by atoms with Gasteiger partial charge in [-0.15, -0.1) is 0 Å². The summed E-state index contributed by atoms with van der Waals surface area (Å²) in [6.45, 7) is 6.03. The van der Waals surface area contributed by atoms with Crippen LogP contribution in [0.2, 0.25) is 0 Å². The summed E-state index contributed by atoms with van der Waals surface area (Å²) < 4.78 is 5.41. The SMILES string of the molecule is CCCCOCCCC(O)(CC)CN. The minimum Gasteiger partial charge on any atom is -0.389 e. The summed E-state index contributed by atoms with van der Waals surface area (Å²) in [4.78, 5) is 0. The predicted molar refractivity (Wildman–Crippen MR) is 59.3 cm³/mol. The maximum Gasteiger partial charge on any atom is 0.0767 e. The third-order valence-corrected chi connectivity index (χ3v) is 2.61. The first kappa shape index (κ1) is 13.9. The van der Waals surface area contributed by atoms with Crippen LogP contribution in [0.25, 0.3) is 0 Å². The summed E-state index contributed by atoms with van der Waals surface area (Å²) >= 11 is 0. The van der Waals surface area contributed by atoms with Crippen LogP contribution in [-0.4, -0.2) is 30.5 Å². The monoisotopic (exact) mass is 203 g/mol. The topological polar surface area (TPSA) is 55.5 Å². The molecule has 0 aromatic carbocycles. The van der Waals surface area contributed by atoms with Crippen molar-refractivity contribution in [2.45, 2.75) is 51.6 Å². The fourth-order valence-electron chi connectivity index (χ4n) is 1.27. The molecule has 0 aliphatic heterocycles. The van der Waals surface area contributed by atoms with Gasteiger partial charge in [0.2, 0.25) is 0 Å². The lowest BCUT2D eigenvalue weighted by Gasteiger charge is -2.24.